The summed E-state index contributed by atoms with van der Waals surface area (Å²) in [7, 11) is 0. The van der Waals surface area contributed by atoms with Crippen LogP contribution >= 0.6 is 0 Å². The molecule has 0 fully saturated rings. The van der Waals surface area contributed by atoms with Gasteiger partial charge in [-0.25, -0.2) is 4.98 Å². The van der Waals surface area contributed by atoms with Gasteiger partial charge in [-0.15, -0.1) is 5.10 Å². The van der Waals surface area contributed by atoms with Gasteiger partial charge in [-0.1, -0.05) is 42.5 Å². The molecule has 0 spiro atoms. The van der Waals surface area contributed by atoms with Crippen molar-refractivity contribution in [3.05, 3.63) is 102 Å². The summed E-state index contributed by atoms with van der Waals surface area (Å²) in [5.41, 5.74) is 3.71. The van der Waals surface area contributed by atoms with E-state index < -0.39 is 11.7 Å². The van der Waals surface area contributed by atoms with Gasteiger partial charge in [0.05, 0.1) is 5.56 Å². The lowest BCUT2D eigenvalue weighted by molar-refractivity contribution is -0.137. The highest BCUT2D eigenvalue weighted by atomic mass is 19.4. The van der Waals surface area contributed by atoms with Crippen molar-refractivity contribution in [3.8, 4) is 22.5 Å². The molecule has 0 bridgehead atoms. The van der Waals surface area contributed by atoms with Gasteiger partial charge in [0, 0.05) is 24.5 Å². The molecule has 3 heterocycles. The zero-order valence-corrected chi connectivity index (χ0v) is 18.0. The van der Waals surface area contributed by atoms with Crippen LogP contribution in [0.5, 0.6) is 0 Å². The molecular formula is C26H20F3N5. The molecule has 0 radical (unpaired) electrons. The zero-order valence-electron chi connectivity index (χ0n) is 18.0. The number of alkyl halides is 3. The largest absolute Gasteiger partial charge is 0.416 e. The SMILES string of the molecule is FC(F)(F)c1ccc(CCNc2cc(-c3ccncc3)cc3nc(-c4ccccc4)nn23)cc1. The molecule has 2 aromatic carbocycles. The van der Waals surface area contributed by atoms with Crippen LogP contribution in [0.2, 0.25) is 0 Å². The maximum Gasteiger partial charge on any atom is 0.416 e. The predicted molar refractivity (Wildman–Crippen MR) is 125 cm³/mol. The summed E-state index contributed by atoms with van der Waals surface area (Å²) in [6, 6.07) is 22.8. The molecule has 1 N–H and O–H groups in total. The molecule has 0 aliphatic carbocycles. The van der Waals surface area contributed by atoms with Gasteiger partial charge in [0.1, 0.15) is 5.82 Å². The number of nitrogens with one attached hydrogen (secondary N) is 1. The summed E-state index contributed by atoms with van der Waals surface area (Å²) in [6.45, 7) is 0.515. The van der Waals surface area contributed by atoms with E-state index in [1.807, 2.05) is 54.6 Å². The molecule has 5 aromatic rings. The zero-order chi connectivity index (χ0) is 23.5. The van der Waals surface area contributed by atoms with Gasteiger partial charge < -0.3 is 5.32 Å². The Kier molecular flexibility index (Phi) is 5.71. The number of fused-ring (bicyclic) bond motifs is 1. The lowest BCUT2D eigenvalue weighted by Gasteiger charge is -2.11. The van der Waals surface area contributed by atoms with Crippen LogP contribution in [0.1, 0.15) is 11.1 Å². The molecule has 170 valence electrons. The molecule has 5 nitrogen and oxygen atoms in total. The lowest BCUT2D eigenvalue weighted by Crippen LogP contribution is -2.10. The third-order valence-corrected chi connectivity index (χ3v) is 5.48. The van der Waals surface area contributed by atoms with Crippen molar-refractivity contribution in [2.75, 3.05) is 11.9 Å². The topological polar surface area (TPSA) is 55.1 Å². The van der Waals surface area contributed by atoms with Gasteiger partial charge in [0.15, 0.2) is 11.5 Å². The summed E-state index contributed by atoms with van der Waals surface area (Å²) in [4.78, 5) is 8.80. The first-order valence-electron chi connectivity index (χ1n) is 10.7. The Labute approximate surface area is 193 Å². The van der Waals surface area contributed by atoms with Crippen molar-refractivity contribution < 1.29 is 13.2 Å². The summed E-state index contributed by atoms with van der Waals surface area (Å²) in [5.74, 6) is 1.35. The Hall–Kier alpha value is -4.20. The molecule has 0 aliphatic rings. The standard InChI is InChI=1S/C26H20F3N5/c27-26(28,29)22-8-6-18(7-9-22)10-15-31-23-16-21(19-11-13-30-14-12-19)17-24-32-25(33-34(23)24)20-4-2-1-3-5-20/h1-9,11-14,16-17,31H,10,15H2. The Morgan fingerprint density at radius 1 is 0.794 bits per heavy atom. The highest BCUT2D eigenvalue weighted by molar-refractivity contribution is 5.72. The van der Waals surface area contributed by atoms with Gasteiger partial charge in [0.2, 0.25) is 0 Å². The Balaban J connectivity index is 1.44. The van der Waals surface area contributed by atoms with E-state index in [1.165, 1.54) is 12.1 Å². The number of hydrogen-bond acceptors (Lipinski definition) is 4. The smallest absolute Gasteiger partial charge is 0.370 e. The Bertz CT molecular complexity index is 1400. The van der Waals surface area contributed by atoms with E-state index in [2.05, 4.69) is 15.4 Å². The molecule has 8 heteroatoms. The minimum atomic E-state index is -4.33. The molecular weight excluding hydrogens is 439 g/mol. The number of rotatable bonds is 6. The maximum absolute atomic E-state index is 12.8. The number of halogens is 3. The van der Waals surface area contributed by atoms with Crippen molar-refractivity contribution in [1.82, 2.24) is 19.6 Å². The van der Waals surface area contributed by atoms with E-state index in [0.717, 1.165) is 40.2 Å². The van der Waals surface area contributed by atoms with Crippen LogP contribution in [-0.4, -0.2) is 26.1 Å². The van der Waals surface area contributed by atoms with E-state index in [-0.39, 0.29) is 0 Å². The molecule has 5 rings (SSSR count). The first-order valence-corrected chi connectivity index (χ1v) is 10.7. The molecule has 0 saturated carbocycles. The van der Waals surface area contributed by atoms with Crippen molar-refractivity contribution in [1.29, 1.82) is 0 Å². The number of nitrogens with zero attached hydrogens (tertiary/aromatic N) is 4. The van der Waals surface area contributed by atoms with Crippen LogP contribution in [0.25, 0.3) is 28.2 Å². The van der Waals surface area contributed by atoms with Crippen molar-refractivity contribution >= 4 is 11.5 Å². The summed E-state index contributed by atoms with van der Waals surface area (Å²) < 4.78 is 40.2. The summed E-state index contributed by atoms with van der Waals surface area (Å²) in [6.07, 6.45) is -0.314. The summed E-state index contributed by atoms with van der Waals surface area (Å²) >= 11 is 0. The van der Waals surface area contributed by atoms with Gasteiger partial charge in [-0.3, -0.25) is 4.98 Å². The second kappa shape index (κ2) is 8.97. The Morgan fingerprint density at radius 3 is 2.24 bits per heavy atom. The van der Waals surface area contributed by atoms with Crippen LogP contribution in [0.15, 0.2) is 91.3 Å². The highest BCUT2D eigenvalue weighted by Crippen LogP contribution is 2.29. The first kappa shape index (κ1) is 21.6. The fourth-order valence-corrected chi connectivity index (χ4v) is 3.73. The van der Waals surface area contributed by atoms with Crippen LogP contribution in [0, 0.1) is 0 Å². The van der Waals surface area contributed by atoms with Crippen molar-refractivity contribution in [3.63, 3.8) is 0 Å². The molecule has 0 saturated heterocycles. The monoisotopic (exact) mass is 459 g/mol. The van der Waals surface area contributed by atoms with E-state index in [1.54, 1.807) is 16.9 Å². The van der Waals surface area contributed by atoms with E-state index in [4.69, 9.17) is 4.98 Å². The average molecular weight is 459 g/mol. The number of hydrogen-bond donors (Lipinski definition) is 1. The van der Waals surface area contributed by atoms with Crippen LogP contribution < -0.4 is 5.32 Å². The van der Waals surface area contributed by atoms with E-state index >= 15 is 0 Å². The fourth-order valence-electron chi connectivity index (χ4n) is 3.73. The van der Waals surface area contributed by atoms with Crippen molar-refractivity contribution in [2.24, 2.45) is 0 Å². The second-order valence-corrected chi connectivity index (χ2v) is 7.81. The minimum Gasteiger partial charge on any atom is -0.370 e. The maximum atomic E-state index is 12.8. The van der Waals surface area contributed by atoms with E-state index in [0.29, 0.717) is 24.4 Å². The molecule has 0 aliphatic heterocycles. The quantitative estimate of drug-likeness (QED) is 0.332. The molecule has 0 amide bonds. The number of pyridine rings is 2. The van der Waals surface area contributed by atoms with Gasteiger partial charge in [-0.2, -0.15) is 17.7 Å². The third-order valence-electron chi connectivity index (χ3n) is 5.48. The highest BCUT2D eigenvalue weighted by Gasteiger charge is 2.29. The summed E-state index contributed by atoms with van der Waals surface area (Å²) in [5, 5.41) is 8.07. The van der Waals surface area contributed by atoms with Gasteiger partial charge >= 0.3 is 6.18 Å². The van der Waals surface area contributed by atoms with Crippen LogP contribution in [0.3, 0.4) is 0 Å². The van der Waals surface area contributed by atoms with Crippen molar-refractivity contribution in [2.45, 2.75) is 12.6 Å². The number of aromatic nitrogens is 4. The predicted octanol–water partition coefficient (Wildman–Crippen LogP) is 6.13. The number of benzene rings is 2. The van der Waals surface area contributed by atoms with Crippen LogP contribution in [-0.2, 0) is 12.6 Å². The third kappa shape index (κ3) is 4.61. The second-order valence-electron chi connectivity index (χ2n) is 7.81. The Morgan fingerprint density at radius 2 is 1.53 bits per heavy atom. The molecule has 3 aromatic heterocycles. The van der Waals surface area contributed by atoms with Gasteiger partial charge in [-0.05, 0) is 59.5 Å². The van der Waals surface area contributed by atoms with E-state index in [9.17, 15) is 13.2 Å². The first-order chi connectivity index (χ1) is 16.5. The van der Waals surface area contributed by atoms with Gasteiger partial charge in [0.25, 0.3) is 0 Å². The average Bonchev–Trinajstić information content (AvgIpc) is 3.29. The molecule has 0 unspecified atom stereocenters. The normalized spacial score (nSPS) is 11.6. The molecule has 34 heavy (non-hydrogen) atoms. The van der Waals surface area contributed by atoms with Crippen LogP contribution in [0.4, 0.5) is 19.0 Å². The minimum absolute atomic E-state index is 0.515. The molecule has 0 atom stereocenters. The lowest BCUT2D eigenvalue weighted by atomic mass is 10.1. The fraction of sp³-hybridized carbons (Fsp3) is 0.115. The number of anilines is 1.